The number of likely N-dealkylation sites (N-methyl/N-ethyl adjacent to an activating group) is 1. The first-order valence-electron chi connectivity index (χ1n) is 4.77. The smallest absolute Gasteiger partial charge is 0.224 e. The van der Waals surface area contributed by atoms with Crippen molar-refractivity contribution < 1.29 is 9.59 Å². The van der Waals surface area contributed by atoms with E-state index in [0.29, 0.717) is 12.0 Å². The predicted octanol–water partition coefficient (Wildman–Crippen LogP) is 1.18. The fourth-order valence-corrected chi connectivity index (χ4v) is 1.69. The van der Waals surface area contributed by atoms with Crippen LogP contribution in [-0.2, 0) is 11.2 Å². The normalized spacial score (nSPS) is 12.7. The van der Waals surface area contributed by atoms with Gasteiger partial charge in [0.1, 0.15) is 0 Å². The molecule has 0 unspecified atom stereocenters. The van der Waals surface area contributed by atoms with Gasteiger partial charge in [-0.15, -0.1) is 0 Å². The minimum Gasteiger partial charge on any atom is -0.359 e. The summed E-state index contributed by atoms with van der Waals surface area (Å²) in [7, 11) is 1.60. The van der Waals surface area contributed by atoms with E-state index in [0.717, 1.165) is 11.1 Å². The van der Waals surface area contributed by atoms with Crippen LogP contribution in [0.4, 0.5) is 0 Å². The number of nitrogens with one attached hydrogen (secondary N) is 1. The average Bonchev–Trinajstić information content (AvgIpc) is 2.62. The number of fused-ring (bicyclic) bond motifs is 1. The Morgan fingerprint density at radius 1 is 1.33 bits per heavy atom. The van der Waals surface area contributed by atoms with Gasteiger partial charge < -0.3 is 5.32 Å². The summed E-state index contributed by atoms with van der Waals surface area (Å²) in [5.74, 6) is -0.0279. The molecular weight excluding hydrogens is 190 g/mol. The van der Waals surface area contributed by atoms with E-state index in [4.69, 9.17) is 0 Å². The number of rotatable bonds is 2. The molecule has 0 aromatic heterocycles. The molecule has 0 spiro atoms. The van der Waals surface area contributed by atoms with Gasteiger partial charge in [0.15, 0.2) is 5.78 Å². The van der Waals surface area contributed by atoms with Gasteiger partial charge >= 0.3 is 0 Å². The van der Waals surface area contributed by atoms with E-state index in [2.05, 4.69) is 5.32 Å². The molecule has 2 rings (SSSR count). The minimum absolute atomic E-state index is 0.0174. The summed E-state index contributed by atoms with van der Waals surface area (Å²) in [5, 5.41) is 2.57. The number of benzene rings is 1. The van der Waals surface area contributed by atoms with Gasteiger partial charge in [-0.25, -0.2) is 0 Å². The molecule has 0 bridgehead atoms. The zero-order valence-corrected chi connectivity index (χ0v) is 8.41. The minimum atomic E-state index is -0.0452. The van der Waals surface area contributed by atoms with Crippen molar-refractivity contribution in [2.75, 3.05) is 7.05 Å². The summed E-state index contributed by atoms with van der Waals surface area (Å²) in [4.78, 5) is 22.6. The molecule has 1 aromatic rings. The third kappa shape index (κ3) is 1.68. The Bertz CT molecular complexity index is 461. The van der Waals surface area contributed by atoms with Crippen LogP contribution in [0.5, 0.6) is 0 Å². The Kier molecular flexibility index (Phi) is 2.37. The van der Waals surface area contributed by atoms with E-state index in [1.807, 2.05) is 12.1 Å². The standard InChI is InChI=1S/C12H11NO2/c1-13-12(15)7-8-3-2-4-10-9(8)5-6-11(10)14/h2-6H,7H2,1H3,(H,13,15). The Labute approximate surface area is 87.8 Å². The van der Waals surface area contributed by atoms with Crippen molar-refractivity contribution in [1.29, 1.82) is 0 Å². The number of hydrogen-bond donors (Lipinski definition) is 1. The zero-order valence-electron chi connectivity index (χ0n) is 8.41. The van der Waals surface area contributed by atoms with Crippen molar-refractivity contribution in [2.45, 2.75) is 6.42 Å². The summed E-state index contributed by atoms with van der Waals surface area (Å²) in [6.45, 7) is 0. The highest BCUT2D eigenvalue weighted by atomic mass is 16.1. The molecule has 1 aromatic carbocycles. The number of amides is 1. The quantitative estimate of drug-likeness (QED) is 0.781. The summed E-state index contributed by atoms with van der Waals surface area (Å²) in [5.41, 5.74) is 2.47. The Hall–Kier alpha value is -1.90. The van der Waals surface area contributed by atoms with Crippen molar-refractivity contribution in [2.24, 2.45) is 0 Å². The van der Waals surface area contributed by atoms with Gasteiger partial charge in [-0.3, -0.25) is 9.59 Å². The Morgan fingerprint density at radius 2 is 2.13 bits per heavy atom. The highest BCUT2D eigenvalue weighted by molar-refractivity contribution is 6.14. The predicted molar refractivity (Wildman–Crippen MR) is 57.6 cm³/mol. The van der Waals surface area contributed by atoms with Crippen LogP contribution < -0.4 is 5.32 Å². The largest absolute Gasteiger partial charge is 0.359 e. The van der Waals surface area contributed by atoms with Crippen LogP contribution in [0.15, 0.2) is 24.3 Å². The Balaban J connectivity index is 2.38. The first-order valence-corrected chi connectivity index (χ1v) is 4.77. The van der Waals surface area contributed by atoms with Gasteiger partial charge in [-0.1, -0.05) is 24.3 Å². The maximum Gasteiger partial charge on any atom is 0.224 e. The van der Waals surface area contributed by atoms with Crippen LogP contribution in [0.1, 0.15) is 21.5 Å². The third-order valence-corrected chi connectivity index (χ3v) is 2.49. The number of ketones is 1. The molecule has 0 saturated heterocycles. The highest BCUT2D eigenvalue weighted by Crippen LogP contribution is 2.23. The molecule has 3 heteroatoms. The zero-order chi connectivity index (χ0) is 10.8. The fraction of sp³-hybridized carbons (Fsp3) is 0.167. The molecule has 0 atom stereocenters. The number of hydrogen-bond acceptors (Lipinski definition) is 2. The maximum absolute atomic E-state index is 11.4. The van der Waals surface area contributed by atoms with E-state index in [1.165, 1.54) is 6.08 Å². The van der Waals surface area contributed by atoms with Crippen molar-refractivity contribution in [3.63, 3.8) is 0 Å². The van der Waals surface area contributed by atoms with Gasteiger partial charge in [-0.05, 0) is 17.2 Å². The highest BCUT2D eigenvalue weighted by Gasteiger charge is 2.17. The molecule has 0 fully saturated rings. The second-order valence-electron chi connectivity index (χ2n) is 3.43. The van der Waals surface area contributed by atoms with Gasteiger partial charge in [-0.2, -0.15) is 0 Å². The number of carbonyl (C=O) groups excluding carboxylic acids is 2. The van der Waals surface area contributed by atoms with E-state index in [-0.39, 0.29) is 11.7 Å². The molecule has 15 heavy (non-hydrogen) atoms. The van der Waals surface area contributed by atoms with Crippen LogP contribution in [0.2, 0.25) is 0 Å². The lowest BCUT2D eigenvalue weighted by Gasteiger charge is -2.05. The summed E-state index contributed by atoms with van der Waals surface area (Å²) < 4.78 is 0. The van der Waals surface area contributed by atoms with Crippen LogP contribution in [0, 0.1) is 0 Å². The lowest BCUT2D eigenvalue weighted by Crippen LogP contribution is -2.20. The molecule has 0 aliphatic heterocycles. The van der Waals surface area contributed by atoms with Gasteiger partial charge in [0.25, 0.3) is 0 Å². The van der Waals surface area contributed by atoms with E-state index < -0.39 is 0 Å². The van der Waals surface area contributed by atoms with Crippen LogP contribution in [-0.4, -0.2) is 18.7 Å². The van der Waals surface area contributed by atoms with Crippen LogP contribution in [0.25, 0.3) is 6.08 Å². The van der Waals surface area contributed by atoms with Gasteiger partial charge in [0.05, 0.1) is 6.42 Å². The molecule has 1 N–H and O–H groups in total. The lowest BCUT2D eigenvalue weighted by molar-refractivity contribution is -0.119. The van der Waals surface area contributed by atoms with Crippen LogP contribution in [0.3, 0.4) is 0 Å². The first-order chi connectivity index (χ1) is 7.22. The monoisotopic (exact) mass is 201 g/mol. The van der Waals surface area contributed by atoms with E-state index in [1.54, 1.807) is 19.2 Å². The second-order valence-corrected chi connectivity index (χ2v) is 3.43. The maximum atomic E-state index is 11.4. The molecule has 1 aliphatic carbocycles. The van der Waals surface area contributed by atoms with Gasteiger partial charge in [0.2, 0.25) is 5.91 Å². The Morgan fingerprint density at radius 3 is 2.87 bits per heavy atom. The molecule has 0 radical (unpaired) electrons. The van der Waals surface area contributed by atoms with Crippen molar-refractivity contribution in [1.82, 2.24) is 5.32 Å². The number of allylic oxidation sites excluding steroid dienone is 1. The molecule has 1 amide bonds. The molecular formula is C12H11NO2. The number of carbonyl (C=O) groups is 2. The average molecular weight is 201 g/mol. The van der Waals surface area contributed by atoms with E-state index >= 15 is 0 Å². The summed E-state index contributed by atoms with van der Waals surface area (Å²) in [6, 6.07) is 5.46. The van der Waals surface area contributed by atoms with Crippen molar-refractivity contribution >= 4 is 17.8 Å². The second kappa shape index (κ2) is 3.69. The molecule has 76 valence electrons. The van der Waals surface area contributed by atoms with Crippen LogP contribution >= 0.6 is 0 Å². The lowest BCUT2D eigenvalue weighted by atomic mass is 10.0. The fourth-order valence-electron chi connectivity index (χ4n) is 1.69. The molecule has 0 heterocycles. The van der Waals surface area contributed by atoms with Crippen molar-refractivity contribution in [3.05, 3.63) is 41.0 Å². The first kappa shape index (κ1) is 9.65. The summed E-state index contributed by atoms with van der Waals surface area (Å²) >= 11 is 0. The van der Waals surface area contributed by atoms with Gasteiger partial charge in [0, 0.05) is 12.6 Å². The van der Waals surface area contributed by atoms with E-state index in [9.17, 15) is 9.59 Å². The molecule has 0 saturated carbocycles. The summed E-state index contributed by atoms with van der Waals surface area (Å²) in [6.07, 6.45) is 3.63. The molecule has 1 aliphatic rings. The SMILES string of the molecule is CNC(=O)Cc1cccc2c1C=CC2=O. The van der Waals surface area contributed by atoms with Crippen molar-refractivity contribution in [3.8, 4) is 0 Å². The third-order valence-electron chi connectivity index (χ3n) is 2.49. The molecule has 3 nitrogen and oxygen atoms in total. The topological polar surface area (TPSA) is 46.2 Å².